The van der Waals surface area contributed by atoms with E-state index in [9.17, 15) is 0 Å². The van der Waals surface area contributed by atoms with Gasteiger partial charge in [0.1, 0.15) is 0 Å². The van der Waals surface area contributed by atoms with Crippen molar-refractivity contribution in [1.29, 1.82) is 0 Å². The van der Waals surface area contributed by atoms with Crippen molar-refractivity contribution in [3.63, 3.8) is 0 Å². The van der Waals surface area contributed by atoms with Crippen LogP contribution in [0.25, 0.3) is 0 Å². The van der Waals surface area contributed by atoms with E-state index < -0.39 is 0 Å². The minimum absolute atomic E-state index is 0.129. The van der Waals surface area contributed by atoms with Gasteiger partial charge in [0, 0.05) is 24.6 Å². The molecule has 0 aromatic carbocycles. The fraction of sp³-hybridized carbons (Fsp3) is 0.786. The third-order valence-electron chi connectivity index (χ3n) is 3.74. The average Bonchev–Trinajstić information content (AvgIpc) is 2.82. The van der Waals surface area contributed by atoms with E-state index in [1.54, 1.807) is 11.3 Å². The second-order valence-electron chi connectivity index (χ2n) is 5.24. The first kappa shape index (κ1) is 14.0. The molecule has 1 aliphatic heterocycles. The summed E-state index contributed by atoms with van der Waals surface area (Å²) in [5, 5.41) is 3.21. The first-order valence-corrected chi connectivity index (χ1v) is 7.89. The average molecular weight is 268 g/mol. The topological polar surface area (TPSA) is 48.1 Å². The molecule has 1 fully saturated rings. The molecule has 102 valence electrons. The Labute approximate surface area is 114 Å². The number of aryl methyl sites for hydroxylation is 1. The fourth-order valence-corrected chi connectivity index (χ4v) is 3.21. The Hall–Kier alpha value is -0.450. The van der Waals surface area contributed by atoms with E-state index in [0.29, 0.717) is 0 Å². The normalized spacial score (nSPS) is 19.0. The van der Waals surface area contributed by atoms with E-state index in [1.165, 1.54) is 32.1 Å². The maximum Gasteiger partial charge on any atom is 0.0898 e. The molecule has 1 unspecified atom stereocenters. The van der Waals surface area contributed by atoms with Gasteiger partial charge in [0.05, 0.1) is 10.7 Å². The van der Waals surface area contributed by atoms with Gasteiger partial charge in [-0.15, -0.1) is 11.3 Å². The lowest BCUT2D eigenvalue weighted by molar-refractivity contribution is 0.0631. The lowest BCUT2D eigenvalue weighted by Crippen LogP contribution is -2.15. The molecule has 2 heterocycles. The smallest absolute Gasteiger partial charge is 0.0898 e. The van der Waals surface area contributed by atoms with Gasteiger partial charge >= 0.3 is 0 Å². The number of thiazole rings is 1. The van der Waals surface area contributed by atoms with Crippen LogP contribution >= 0.6 is 11.3 Å². The summed E-state index contributed by atoms with van der Waals surface area (Å²) < 4.78 is 5.38. The van der Waals surface area contributed by atoms with Gasteiger partial charge in [0.2, 0.25) is 0 Å². The molecule has 1 aliphatic rings. The lowest BCUT2D eigenvalue weighted by atomic mass is 9.93. The van der Waals surface area contributed by atoms with Gasteiger partial charge in [-0.05, 0) is 32.1 Å². The van der Waals surface area contributed by atoms with Crippen LogP contribution in [0.2, 0.25) is 0 Å². The Morgan fingerprint density at radius 2 is 2.22 bits per heavy atom. The Bertz CT molecular complexity index is 347. The molecule has 2 rings (SSSR count). The summed E-state index contributed by atoms with van der Waals surface area (Å²) in [5.74, 6) is 0.886. The Morgan fingerprint density at radius 1 is 1.44 bits per heavy atom. The minimum Gasteiger partial charge on any atom is -0.381 e. The molecule has 0 spiro atoms. The second-order valence-corrected chi connectivity index (χ2v) is 6.30. The first-order valence-electron chi connectivity index (χ1n) is 7.01. The van der Waals surface area contributed by atoms with Crippen LogP contribution in [0.1, 0.15) is 55.3 Å². The van der Waals surface area contributed by atoms with Gasteiger partial charge in [-0.2, -0.15) is 0 Å². The van der Waals surface area contributed by atoms with E-state index in [4.69, 9.17) is 10.5 Å². The van der Waals surface area contributed by atoms with Crippen molar-refractivity contribution in [3.05, 3.63) is 16.1 Å². The van der Waals surface area contributed by atoms with Gasteiger partial charge in [-0.1, -0.05) is 19.3 Å². The zero-order chi connectivity index (χ0) is 12.8. The predicted molar refractivity (Wildman–Crippen MR) is 75.8 cm³/mol. The van der Waals surface area contributed by atoms with Crippen molar-refractivity contribution in [3.8, 4) is 0 Å². The summed E-state index contributed by atoms with van der Waals surface area (Å²) in [4.78, 5) is 4.46. The Balaban J connectivity index is 1.60. The third-order valence-corrected chi connectivity index (χ3v) is 4.53. The predicted octanol–water partition coefficient (Wildman–Crippen LogP) is 3.44. The summed E-state index contributed by atoms with van der Waals surface area (Å²) in [6.07, 6.45) is 7.41. The van der Waals surface area contributed by atoms with Crippen molar-refractivity contribution in [2.45, 2.75) is 51.5 Å². The zero-order valence-corrected chi connectivity index (χ0v) is 12.0. The molecule has 0 saturated carbocycles. The summed E-state index contributed by atoms with van der Waals surface area (Å²) in [6, 6.07) is 0.129. The molecular formula is C14H24N2OS. The van der Waals surface area contributed by atoms with Crippen molar-refractivity contribution in [2.75, 3.05) is 13.2 Å². The van der Waals surface area contributed by atoms with Gasteiger partial charge < -0.3 is 10.5 Å². The lowest BCUT2D eigenvalue weighted by Gasteiger charge is -2.21. The van der Waals surface area contributed by atoms with Crippen LogP contribution in [0.4, 0.5) is 0 Å². The van der Waals surface area contributed by atoms with E-state index >= 15 is 0 Å². The molecule has 0 bridgehead atoms. The van der Waals surface area contributed by atoms with Crippen molar-refractivity contribution < 1.29 is 4.74 Å². The van der Waals surface area contributed by atoms with Gasteiger partial charge in [-0.3, -0.25) is 0 Å². The molecular weight excluding hydrogens is 244 g/mol. The number of aromatic nitrogens is 1. The van der Waals surface area contributed by atoms with Crippen molar-refractivity contribution in [1.82, 2.24) is 4.98 Å². The fourth-order valence-electron chi connectivity index (χ4n) is 2.53. The molecule has 18 heavy (non-hydrogen) atoms. The molecule has 1 atom stereocenters. The molecule has 1 aromatic rings. The van der Waals surface area contributed by atoms with Crippen LogP contribution in [0.5, 0.6) is 0 Å². The molecule has 0 amide bonds. The number of ether oxygens (including phenoxy) is 1. The number of hydrogen-bond acceptors (Lipinski definition) is 4. The molecule has 1 aromatic heterocycles. The SMILES string of the molecule is Cc1nc(C(N)CCCCC2CCOCC2)cs1. The van der Waals surface area contributed by atoms with Gasteiger partial charge in [-0.25, -0.2) is 4.98 Å². The van der Waals surface area contributed by atoms with E-state index in [2.05, 4.69) is 10.4 Å². The number of rotatable bonds is 6. The quantitative estimate of drug-likeness (QED) is 0.804. The van der Waals surface area contributed by atoms with E-state index in [0.717, 1.165) is 36.3 Å². The van der Waals surface area contributed by atoms with Crippen LogP contribution < -0.4 is 5.73 Å². The highest BCUT2D eigenvalue weighted by molar-refractivity contribution is 7.09. The summed E-state index contributed by atoms with van der Waals surface area (Å²) in [6.45, 7) is 3.95. The summed E-state index contributed by atoms with van der Waals surface area (Å²) in [7, 11) is 0. The highest BCUT2D eigenvalue weighted by atomic mass is 32.1. The maximum atomic E-state index is 6.15. The van der Waals surface area contributed by atoms with Gasteiger partial charge in [0.15, 0.2) is 0 Å². The molecule has 2 N–H and O–H groups in total. The largest absolute Gasteiger partial charge is 0.381 e. The van der Waals surface area contributed by atoms with Crippen LogP contribution in [-0.2, 0) is 4.74 Å². The summed E-state index contributed by atoms with van der Waals surface area (Å²) >= 11 is 1.69. The highest BCUT2D eigenvalue weighted by Crippen LogP contribution is 2.23. The van der Waals surface area contributed by atoms with Crippen LogP contribution in [-0.4, -0.2) is 18.2 Å². The van der Waals surface area contributed by atoms with Crippen LogP contribution in [0, 0.1) is 12.8 Å². The highest BCUT2D eigenvalue weighted by Gasteiger charge is 2.14. The maximum absolute atomic E-state index is 6.15. The van der Waals surface area contributed by atoms with Crippen molar-refractivity contribution in [2.24, 2.45) is 11.7 Å². The number of hydrogen-bond donors (Lipinski definition) is 1. The zero-order valence-electron chi connectivity index (χ0n) is 11.2. The van der Waals surface area contributed by atoms with E-state index in [1.807, 2.05) is 6.92 Å². The molecule has 0 aliphatic carbocycles. The first-order chi connectivity index (χ1) is 8.75. The van der Waals surface area contributed by atoms with Crippen molar-refractivity contribution >= 4 is 11.3 Å². The standard InChI is InChI=1S/C14H24N2OS/c1-11-16-14(10-18-11)13(15)5-3-2-4-12-6-8-17-9-7-12/h10,12-13H,2-9,15H2,1H3. The van der Waals surface area contributed by atoms with Gasteiger partial charge in [0.25, 0.3) is 0 Å². The molecule has 4 heteroatoms. The Morgan fingerprint density at radius 3 is 2.89 bits per heavy atom. The Kier molecular flexibility index (Phi) is 5.60. The second kappa shape index (κ2) is 7.22. The third kappa shape index (κ3) is 4.34. The van der Waals surface area contributed by atoms with Crippen LogP contribution in [0.3, 0.4) is 0 Å². The van der Waals surface area contributed by atoms with E-state index in [-0.39, 0.29) is 6.04 Å². The molecule has 0 radical (unpaired) electrons. The minimum atomic E-state index is 0.129. The number of unbranched alkanes of at least 4 members (excludes halogenated alkanes) is 1. The number of nitrogens with zero attached hydrogens (tertiary/aromatic N) is 1. The van der Waals surface area contributed by atoms with Crippen LogP contribution in [0.15, 0.2) is 5.38 Å². The summed E-state index contributed by atoms with van der Waals surface area (Å²) in [5.41, 5.74) is 7.22. The monoisotopic (exact) mass is 268 g/mol. The molecule has 1 saturated heterocycles. The molecule has 3 nitrogen and oxygen atoms in total. The number of nitrogens with two attached hydrogens (primary N) is 1.